The van der Waals surface area contributed by atoms with Crippen molar-refractivity contribution in [2.75, 3.05) is 11.9 Å². The highest BCUT2D eigenvalue weighted by Gasteiger charge is 2.12. The number of nitrogens with zero attached hydrogens (tertiary/aromatic N) is 3. The topological polar surface area (TPSA) is 75.7 Å². The number of aryl methyl sites for hydroxylation is 2. The molecule has 2 aromatic heterocycles. The van der Waals surface area contributed by atoms with Crippen molar-refractivity contribution >= 4 is 17.0 Å². The standard InChI is InChI=1S/C15H17N5O/c1-4-16-15-18-13-11(8-17-20-13)14(19-15)21-12-6-5-9(2)7-10(12)3/h5-8H,4H2,1-3H3,(H2,16,17,18,19,20). The van der Waals surface area contributed by atoms with Gasteiger partial charge in [-0.3, -0.25) is 5.10 Å². The molecule has 6 heteroatoms. The van der Waals surface area contributed by atoms with Crippen LogP contribution < -0.4 is 10.1 Å². The fraction of sp³-hybridized carbons (Fsp3) is 0.267. The molecule has 0 saturated heterocycles. The number of aromatic nitrogens is 4. The van der Waals surface area contributed by atoms with E-state index in [1.165, 1.54) is 5.56 Å². The van der Waals surface area contributed by atoms with Gasteiger partial charge in [-0.25, -0.2) is 0 Å². The van der Waals surface area contributed by atoms with Crippen molar-refractivity contribution in [2.45, 2.75) is 20.8 Å². The van der Waals surface area contributed by atoms with Gasteiger partial charge in [-0.05, 0) is 32.4 Å². The van der Waals surface area contributed by atoms with E-state index in [1.54, 1.807) is 6.20 Å². The van der Waals surface area contributed by atoms with Gasteiger partial charge >= 0.3 is 0 Å². The molecule has 0 saturated carbocycles. The first-order valence-corrected chi connectivity index (χ1v) is 6.87. The van der Waals surface area contributed by atoms with E-state index in [4.69, 9.17) is 4.74 Å². The van der Waals surface area contributed by atoms with Gasteiger partial charge in [0.15, 0.2) is 5.65 Å². The van der Waals surface area contributed by atoms with Gasteiger partial charge in [0, 0.05) is 6.54 Å². The Labute approximate surface area is 122 Å². The highest BCUT2D eigenvalue weighted by atomic mass is 16.5. The first-order chi connectivity index (χ1) is 10.2. The number of benzene rings is 1. The summed E-state index contributed by atoms with van der Waals surface area (Å²) >= 11 is 0. The molecular weight excluding hydrogens is 266 g/mol. The predicted molar refractivity (Wildman–Crippen MR) is 81.8 cm³/mol. The van der Waals surface area contributed by atoms with Gasteiger partial charge in [0.05, 0.1) is 6.20 Å². The molecule has 0 bridgehead atoms. The summed E-state index contributed by atoms with van der Waals surface area (Å²) in [6, 6.07) is 6.04. The van der Waals surface area contributed by atoms with Crippen LogP contribution in [-0.2, 0) is 0 Å². The van der Waals surface area contributed by atoms with Crippen molar-refractivity contribution in [1.29, 1.82) is 0 Å². The minimum Gasteiger partial charge on any atom is -0.438 e. The van der Waals surface area contributed by atoms with Crippen LogP contribution >= 0.6 is 0 Å². The number of H-pyrrole nitrogens is 1. The average molecular weight is 283 g/mol. The van der Waals surface area contributed by atoms with E-state index in [1.807, 2.05) is 26.0 Å². The number of hydrogen-bond acceptors (Lipinski definition) is 5. The number of fused-ring (bicyclic) bond motifs is 1. The lowest BCUT2D eigenvalue weighted by Gasteiger charge is -2.10. The molecule has 0 spiro atoms. The molecule has 0 aliphatic carbocycles. The highest BCUT2D eigenvalue weighted by molar-refractivity contribution is 5.81. The van der Waals surface area contributed by atoms with Gasteiger partial charge in [0.25, 0.3) is 0 Å². The Hall–Kier alpha value is -2.63. The van der Waals surface area contributed by atoms with Crippen LogP contribution in [0.2, 0.25) is 0 Å². The molecule has 0 fully saturated rings. The van der Waals surface area contributed by atoms with Gasteiger partial charge in [-0.15, -0.1) is 0 Å². The number of rotatable bonds is 4. The Morgan fingerprint density at radius 1 is 1.24 bits per heavy atom. The normalized spacial score (nSPS) is 10.8. The second-order valence-electron chi connectivity index (χ2n) is 4.89. The first-order valence-electron chi connectivity index (χ1n) is 6.87. The monoisotopic (exact) mass is 283 g/mol. The van der Waals surface area contributed by atoms with Crippen molar-refractivity contribution in [3.8, 4) is 11.6 Å². The molecule has 0 amide bonds. The molecule has 3 rings (SSSR count). The molecule has 0 atom stereocenters. The lowest BCUT2D eigenvalue weighted by atomic mass is 10.1. The third kappa shape index (κ3) is 2.65. The van der Waals surface area contributed by atoms with Crippen LogP contribution in [0.15, 0.2) is 24.4 Å². The molecule has 3 aromatic rings. The SMILES string of the molecule is CCNc1nc(Oc2ccc(C)cc2C)c2cn[nH]c2n1. The zero-order valence-electron chi connectivity index (χ0n) is 12.3. The van der Waals surface area contributed by atoms with E-state index >= 15 is 0 Å². The molecule has 0 radical (unpaired) electrons. The molecule has 21 heavy (non-hydrogen) atoms. The molecule has 2 heterocycles. The van der Waals surface area contributed by atoms with Crippen LogP contribution in [0.5, 0.6) is 11.6 Å². The molecule has 108 valence electrons. The van der Waals surface area contributed by atoms with Crippen LogP contribution in [-0.4, -0.2) is 26.7 Å². The summed E-state index contributed by atoms with van der Waals surface area (Å²) in [7, 11) is 0. The van der Waals surface area contributed by atoms with E-state index in [2.05, 4.69) is 38.5 Å². The van der Waals surface area contributed by atoms with Gasteiger partial charge in [0.1, 0.15) is 11.1 Å². The van der Waals surface area contributed by atoms with Gasteiger partial charge in [-0.1, -0.05) is 17.7 Å². The summed E-state index contributed by atoms with van der Waals surface area (Å²) in [5.41, 5.74) is 2.92. The Bertz CT molecular complexity index is 781. The Morgan fingerprint density at radius 2 is 2.10 bits per heavy atom. The van der Waals surface area contributed by atoms with E-state index in [0.717, 1.165) is 23.2 Å². The third-order valence-electron chi connectivity index (χ3n) is 3.15. The van der Waals surface area contributed by atoms with Gasteiger partial charge in [0.2, 0.25) is 11.8 Å². The fourth-order valence-electron chi connectivity index (χ4n) is 2.14. The summed E-state index contributed by atoms with van der Waals surface area (Å²) in [5, 5.41) is 10.7. The largest absolute Gasteiger partial charge is 0.438 e. The van der Waals surface area contributed by atoms with E-state index < -0.39 is 0 Å². The minimum atomic E-state index is 0.497. The molecule has 2 N–H and O–H groups in total. The zero-order valence-corrected chi connectivity index (χ0v) is 12.3. The highest BCUT2D eigenvalue weighted by Crippen LogP contribution is 2.29. The average Bonchev–Trinajstić information content (AvgIpc) is 2.91. The number of nitrogens with one attached hydrogen (secondary N) is 2. The number of aromatic amines is 1. The van der Waals surface area contributed by atoms with Crippen molar-refractivity contribution in [2.24, 2.45) is 0 Å². The minimum absolute atomic E-state index is 0.497. The van der Waals surface area contributed by atoms with Crippen molar-refractivity contribution < 1.29 is 4.74 Å². The first kappa shape index (κ1) is 13.4. The van der Waals surface area contributed by atoms with Crippen LogP contribution in [0.4, 0.5) is 5.95 Å². The maximum atomic E-state index is 5.97. The van der Waals surface area contributed by atoms with Gasteiger partial charge < -0.3 is 10.1 Å². The lowest BCUT2D eigenvalue weighted by Crippen LogP contribution is -2.03. The maximum Gasteiger partial charge on any atom is 0.235 e. The fourth-order valence-corrected chi connectivity index (χ4v) is 2.14. The number of hydrogen-bond donors (Lipinski definition) is 2. The second-order valence-corrected chi connectivity index (χ2v) is 4.89. The maximum absolute atomic E-state index is 5.97. The summed E-state index contributed by atoms with van der Waals surface area (Å²) in [5.74, 6) is 1.80. The van der Waals surface area contributed by atoms with Gasteiger partial charge in [-0.2, -0.15) is 15.1 Å². The van der Waals surface area contributed by atoms with Crippen LogP contribution in [0.3, 0.4) is 0 Å². The lowest BCUT2D eigenvalue weighted by molar-refractivity contribution is 0.465. The van der Waals surface area contributed by atoms with Crippen molar-refractivity contribution in [3.05, 3.63) is 35.5 Å². The molecule has 0 aliphatic rings. The molecular formula is C15H17N5O. The molecule has 1 aromatic carbocycles. The summed E-state index contributed by atoms with van der Waals surface area (Å²) in [6.07, 6.45) is 1.67. The number of anilines is 1. The smallest absolute Gasteiger partial charge is 0.235 e. The summed E-state index contributed by atoms with van der Waals surface area (Å²) in [6.45, 7) is 6.80. The molecule has 0 unspecified atom stereocenters. The quantitative estimate of drug-likeness (QED) is 0.769. The van der Waals surface area contributed by atoms with Crippen molar-refractivity contribution in [1.82, 2.24) is 20.2 Å². The van der Waals surface area contributed by atoms with Crippen LogP contribution in [0.1, 0.15) is 18.1 Å². The molecule has 0 aliphatic heterocycles. The Kier molecular flexibility index (Phi) is 3.43. The summed E-state index contributed by atoms with van der Waals surface area (Å²) < 4.78 is 5.97. The van der Waals surface area contributed by atoms with E-state index in [-0.39, 0.29) is 0 Å². The zero-order chi connectivity index (χ0) is 14.8. The second kappa shape index (κ2) is 5.40. The van der Waals surface area contributed by atoms with E-state index in [0.29, 0.717) is 17.5 Å². The van der Waals surface area contributed by atoms with Crippen molar-refractivity contribution in [3.63, 3.8) is 0 Å². The van der Waals surface area contributed by atoms with Crippen LogP contribution in [0, 0.1) is 13.8 Å². The predicted octanol–water partition coefficient (Wildman–Crippen LogP) is 3.19. The van der Waals surface area contributed by atoms with Crippen LogP contribution in [0.25, 0.3) is 11.0 Å². The summed E-state index contributed by atoms with van der Waals surface area (Å²) in [4.78, 5) is 8.76. The third-order valence-corrected chi connectivity index (χ3v) is 3.15. The molecule has 6 nitrogen and oxygen atoms in total. The van der Waals surface area contributed by atoms with E-state index in [9.17, 15) is 0 Å². The Balaban J connectivity index is 2.04. The number of ether oxygens (including phenoxy) is 1. The Morgan fingerprint density at radius 3 is 2.86 bits per heavy atom.